The number of nitrogens with one attached hydrogen (secondary N) is 2. The summed E-state index contributed by atoms with van der Waals surface area (Å²) in [6.07, 6.45) is 1.61. The van der Waals surface area contributed by atoms with E-state index in [0.717, 1.165) is 17.5 Å². The van der Waals surface area contributed by atoms with Crippen LogP contribution >= 0.6 is 0 Å². The summed E-state index contributed by atoms with van der Waals surface area (Å²) in [5.41, 5.74) is 2.83. The molecule has 0 saturated heterocycles. The standard InChI is InChI=1S/C26H27N3O5S/c1-18-8-5-6-12-24(18)35(33,34)28-26(32)27-22(16-19-9-3-2-4-10-19)25(31)29-15-7-11-20-17-21(30)13-14-23(20)29/h2-6,8-10,12-14,17,22,30H,7,11,15-16H2,1H3,(H2,27,28,32). The Morgan fingerprint density at radius 3 is 2.49 bits per heavy atom. The molecule has 0 saturated carbocycles. The molecule has 182 valence electrons. The number of hydrogen-bond donors (Lipinski definition) is 3. The molecule has 3 aromatic rings. The van der Waals surface area contributed by atoms with Crippen molar-refractivity contribution < 1.29 is 23.1 Å². The van der Waals surface area contributed by atoms with Gasteiger partial charge in [0.15, 0.2) is 0 Å². The molecule has 3 N–H and O–H groups in total. The molecule has 8 nitrogen and oxygen atoms in total. The van der Waals surface area contributed by atoms with Crippen LogP contribution in [-0.4, -0.2) is 38.0 Å². The highest BCUT2D eigenvalue weighted by Gasteiger charge is 2.31. The Bertz CT molecular complexity index is 1340. The van der Waals surface area contributed by atoms with Crippen LogP contribution in [0.2, 0.25) is 0 Å². The maximum absolute atomic E-state index is 13.6. The summed E-state index contributed by atoms with van der Waals surface area (Å²) in [4.78, 5) is 28.0. The summed E-state index contributed by atoms with van der Waals surface area (Å²) in [5, 5.41) is 12.4. The van der Waals surface area contributed by atoms with Gasteiger partial charge in [-0.15, -0.1) is 0 Å². The number of anilines is 1. The van der Waals surface area contributed by atoms with Gasteiger partial charge in [-0.1, -0.05) is 48.5 Å². The largest absolute Gasteiger partial charge is 0.508 e. The van der Waals surface area contributed by atoms with Crippen LogP contribution in [-0.2, 0) is 27.7 Å². The maximum atomic E-state index is 13.6. The number of sulfonamides is 1. The van der Waals surface area contributed by atoms with Crippen molar-refractivity contribution in [2.45, 2.75) is 37.1 Å². The van der Waals surface area contributed by atoms with Crippen LogP contribution in [0.15, 0.2) is 77.7 Å². The second-order valence-corrected chi connectivity index (χ2v) is 10.1. The van der Waals surface area contributed by atoms with E-state index in [0.29, 0.717) is 24.2 Å². The van der Waals surface area contributed by atoms with Gasteiger partial charge in [0.2, 0.25) is 5.91 Å². The van der Waals surface area contributed by atoms with E-state index in [-0.39, 0.29) is 23.0 Å². The summed E-state index contributed by atoms with van der Waals surface area (Å²) in [7, 11) is -4.13. The molecule has 3 aromatic carbocycles. The SMILES string of the molecule is Cc1ccccc1S(=O)(=O)NC(=O)NC(Cc1ccccc1)C(=O)N1CCCc2cc(O)ccc21. The van der Waals surface area contributed by atoms with Crippen LogP contribution in [0, 0.1) is 6.92 Å². The first-order chi connectivity index (χ1) is 16.7. The maximum Gasteiger partial charge on any atom is 0.329 e. The van der Waals surface area contributed by atoms with Crippen molar-refractivity contribution in [3.63, 3.8) is 0 Å². The fraction of sp³-hybridized carbons (Fsp3) is 0.231. The highest BCUT2D eigenvalue weighted by Crippen LogP contribution is 2.30. The van der Waals surface area contributed by atoms with E-state index < -0.39 is 22.1 Å². The lowest BCUT2D eigenvalue weighted by molar-refractivity contribution is -0.120. The first kappa shape index (κ1) is 24.3. The molecule has 9 heteroatoms. The highest BCUT2D eigenvalue weighted by molar-refractivity contribution is 7.90. The van der Waals surface area contributed by atoms with E-state index in [2.05, 4.69) is 5.32 Å². The molecule has 1 aliphatic rings. The number of phenols is 1. The van der Waals surface area contributed by atoms with Crippen LogP contribution in [0.25, 0.3) is 0 Å². The quantitative estimate of drug-likeness (QED) is 0.487. The van der Waals surface area contributed by atoms with Gasteiger partial charge in [-0.2, -0.15) is 0 Å². The van der Waals surface area contributed by atoms with Crippen molar-refractivity contribution in [1.82, 2.24) is 10.0 Å². The van der Waals surface area contributed by atoms with Gasteiger partial charge in [0.05, 0.1) is 4.90 Å². The lowest BCUT2D eigenvalue weighted by atomic mass is 9.99. The number of amides is 3. The molecular weight excluding hydrogens is 466 g/mol. The Balaban J connectivity index is 1.59. The summed E-state index contributed by atoms with van der Waals surface area (Å²) in [6, 6.07) is 18.4. The predicted molar refractivity (Wildman–Crippen MR) is 133 cm³/mol. The fourth-order valence-corrected chi connectivity index (χ4v) is 5.44. The average Bonchev–Trinajstić information content (AvgIpc) is 2.83. The molecule has 0 radical (unpaired) electrons. The number of nitrogens with zero attached hydrogens (tertiary/aromatic N) is 1. The zero-order valence-corrected chi connectivity index (χ0v) is 20.1. The van der Waals surface area contributed by atoms with Crippen molar-refractivity contribution in [2.75, 3.05) is 11.4 Å². The number of carbonyl (C=O) groups excluding carboxylic acids is 2. The lowest BCUT2D eigenvalue weighted by Crippen LogP contribution is -2.54. The Hall–Kier alpha value is -3.85. The van der Waals surface area contributed by atoms with Crippen molar-refractivity contribution in [1.29, 1.82) is 0 Å². The molecule has 0 spiro atoms. The van der Waals surface area contributed by atoms with Gasteiger partial charge in [0.1, 0.15) is 11.8 Å². The molecule has 0 bridgehead atoms. The van der Waals surface area contributed by atoms with Gasteiger partial charge >= 0.3 is 6.03 Å². The van der Waals surface area contributed by atoms with E-state index in [1.165, 1.54) is 12.1 Å². The summed E-state index contributed by atoms with van der Waals surface area (Å²) in [6.45, 7) is 2.09. The van der Waals surface area contributed by atoms with E-state index in [1.807, 2.05) is 35.1 Å². The second-order valence-electron chi connectivity index (χ2n) is 8.49. The molecule has 1 heterocycles. The Morgan fingerprint density at radius 2 is 1.74 bits per heavy atom. The van der Waals surface area contributed by atoms with Crippen LogP contribution in [0.4, 0.5) is 10.5 Å². The van der Waals surface area contributed by atoms with Crippen LogP contribution < -0.4 is 14.9 Å². The molecule has 35 heavy (non-hydrogen) atoms. The Labute approximate surface area is 204 Å². The van der Waals surface area contributed by atoms with Gasteiger partial charge in [-0.05, 0) is 60.7 Å². The van der Waals surface area contributed by atoms with E-state index in [4.69, 9.17) is 0 Å². The third kappa shape index (κ3) is 5.63. The number of rotatable bonds is 6. The van der Waals surface area contributed by atoms with Gasteiger partial charge < -0.3 is 15.3 Å². The monoisotopic (exact) mass is 493 g/mol. The predicted octanol–water partition coefficient (Wildman–Crippen LogP) is 3.28. The zero-order valence-electron chi connectivity index (χ0n) is 19.3. The number of urea groups is 1. The van der Waals surface area contributed by atoms with Gasteiger partial charge in [0.25, 0.3) is 10.0 Å². The smallest absolute Gasteiger partial charge is 0.329 e. The van der Waals surface area contributed by atoms with Gasteiger partial charge in [-0.3, -0.25) is 4.79 Å². The third-order valence-corrected chi connectivity index (χ3v) is 7.44. The molecular formula is C26H27N3O5S. The average molecular weight is 494 g/mol. The molecule has 1 unspecified atom stereocenters. The first-order valence-corrected chi connectivity index (χ1v) is 12.8. The molecule has 0 fully saturated rings. The minimum Gasteiger partial charge on any atom is -0.508 e. The van der Waals surface area contributed by atoms with Crippen molar-refractivity contribution in [3.8, 4) is 5.75 Å². The number of hydrogen-bond acceptors (Lipinski definition) is 5. The van der Waals surface area contributed by atoms with Crippen molar-refractivity contribution >= 4 is 27.6 Å². The summed E-state index contributed by atoms with van der Waals surface area (Å²) in [5.74, 6) is -0.235. The number of aromatic hydroxyl groups is 1. The van der Waals surface area contributed by atoms with Gasteiger partial charge in [-0.25, -0.2) is 17.9 Å². The molecule has 0 aliphatic carbocycles. The minimum absolute atomic E-state index is 0.00847. The molecule has 4 rings (SSSR count). The number of fused-ring (bicyclic) bond motifs is 1. The topological polar surface area (TPSA) is 116 Å². The number of benzene rings is 3. The number of aryl methyl sites for hydroxylation is 2. The minimum atomic E-state index is -4.13. The first-order valence-electron chi connectivity index (χ1n) is 11.3. The summed E-state index contributed by atoms with van der Waals surface area (Å²) < 4.78 is 27.6. The molecule has 1 atom stereocenters. The van der Waals surface area contributed by atoms with Crippen molar-refractivity contribution in [2.24, 2.45) is 0 Å². The zero-order chi connectivity index (χ0) is 25.0. The Kier molecular flexibility index (Phi) is 7.07. The molecule has 3 amide bonds. The van der Waals surface area contributed by atoms with Crippen molar-refractivity contribution in [3.05, 3.63) is 89.5 Å². The Morgan fingerprint density at radius 1 is 1.03 bits per heavy atom. The van der Waals surface area contributed by atoms with Crippen LogP contribution in [0.1, 0.15) is 23.1 Å². The normalized spacial score (nSPS) is 14.0. The van der Waals surface area contributed by atoms with E-state index >= 15 is 0 Å². The molecule has 1 aliphatic heterocycles. The number of phenolic OH excluding ortho intramolecular Hbond substituents is 1. The summed E-state index contributed by atoms with van der Waals surface area (Å²) >= 11 is 0. The van der Waals surface area contributed by atoms with Gasteiger partial charge in [0, 0.05) is 18.7 Å². The molecule has 0 aromatic heterocycles. The number of carbonyl (C=O) groups is 2. The lowest BCUT2D eigenvalue weighted by Gasteiger charge is -2.32. The van der Waals surface area contributed by atoms with Crippen LogP contribution in [0.3, 0.4) is 0 Å². The third-order valence-electron chi connectivity index (χ3n) is 5.94. The van der Waals surface area contributed by atoms with E-state index in [1.54, 1.807) is 42.2 Å². The fourth-order valence-electron chi connectivity index (χ4n) is 4.27. The van der Waals surface area contributed by atoms with Crippen LogP contribution in [0.5, 0.6) is 5.75 Å². The highest BCUT2D eigenvalue weighted by atomic mass is 32.2. The van der Waals surface area contributed by atoms with E-state index in [9.17, 15) is 23.1 Å². The second kappa shape index (κ2) is 10.2.